The van der Waals surface area contributed by atoms with Gasteiger partial charge in [-0.1, -0.05) is 0 Å². The molecule has 0 spiro atoms. The van der Waals surface area contributed by atoms with Crippen LogP contribution in [0.2, 0.25) is 0 Å². The van der Waals surface area contributed by atoms with Crippen LogP contribution in [0.3, 0.4) is 0 Å². The maximum Gasteiger partial charge on any atom is 0.237 e. The lowest BCUT2D eigenvalue weighted by atomic mass is 10.3. The maximum absolute atomic E-state index is 10.6. The van der Waals surface area contributed by atoms with Gasteiger partial charge in [-0.2, -0.15) is 0 Å². The summed E-state index contributed by atoms with van der Waals surface area (Å²) in [6.45, 7) is 0.350. The Morgan fingerprint density at radius 1 is 1.70 bits per heavy atom. The lowest BCUT2D eigenvalue weighted by Gasteiger charge is -2.19. The Balaban J connectivity index is 3.85. The van der Waals surface area contributed by atoms with Crippen LogP contribution in [-0.2, 0) is 9.53 Å². The molecule has 0 saturated carbocycles. The summed E-state index contributed by atoms with van der Waals surface area (Å²) in [4.78, 5) is 12.4. The zero-order chi connectivity index (χ0) is 8.15. The van der Waals surface area contributed by atoms with Gasteiger partial charge in [0.25, 0.3) is 0 Å². The summed E-state index contributed by atoms with van der Waals surface area (Å²) in [6.07, 6.45) is 0. The molecule has 60 valence electrons. The van der Waals surface area contributed by atoms with Crippen LogP contribution in [0, 0.1) is 0 Å². The highest BCUT2D eigenvalue weighted by atomic mass is 16.5. The molecule has 0 saturated heterocycles. The predicted molar refractivity (Wildman–Crippen MR) is 38.5 cm³/mol. The van der Waals surface area contributed by atoms with E-state index in [9.17, 15) is 4.79 Å². The molecule has 4 nitrogen and oxygen atoms in total. The van der Waals surface area contributed by atoms with E-state index in [2.05, 4.69) is 0 Å². The monoisotopic (exact) mass is 146 g/mol. The van der Waals surface area contributed by atoms with E-state index in [0.29, 0.717) is 6.61 Å². The molecule has 0 aliphatic carbocycles. The summed E-state index contributed by atoms with van der Waals surface area (Å²) < 4.78 is 4.78. The number of hydrogen-bond acceptors (Lipinski definition) is 3. The molecule has 0 aliphatic heterocycles. The molecule has 0 aromatic rings. The second-order valence-corrected chi connectivity index (χ2v) is 2.34. The van der Waals surface area contributed by atoms with E-state index < -0.39 is 0 Å². The molecule has 0 unspecified atom stereocenters. The van der Waals surface area contributed by atoms with Gasteiger partial charge in [0.2, 0.25) is 5.91 Å². The average Bonchev–Trinajstić information content (AvgIpc) is 1.81. The number of rotatable bonds is 4. The van der Waals surface area contributed by atoms with Crippen LogP contribution in [0.1, 0.15) is 0 Å². The number of methoxy groups -OCH3 is 1. The van der Waals surface area contributed by atoms with Gasteiger partial charge in [0.15, 0.2) is 0 Å². The molecule has 0 aliphatic rings. The van der Waals surface area contributed by atoms with Crippen LogP contribution in [0.4, 0.5) is 0 Å². The van der Waals surface area contributed by atoms with Gasteiger partial charge in [-0.05, 0) is 14.1 Å². The molecular formula is C6H14N2O2. The number of primary amides is 1. The van der Waals surface area contributed by atoms with Crippen LogP contribution < -0.4 is 5.73 Å². The fourth-order valence-corrected chi connectivity index (χ4v) is 0.644. The lowest BCUT2D eigenvalue weighted by Crippen LogP contribution is -2.43. The van der Waals surface area contributed by atoms with Gasteiger partial charge in [-0.15, -0.1) is 0 Å². The van der Waals surface area contributed by atoms with Crippen LogP contribution >= 0.6 is 0 Å². The first-order valence-corrected chi connectivity index (χ1v) is 3.04. The van der Waals surface area contributed by atoms with Crippen molar-refractivity contribution in [3.63, 3.8) is 0 Å². The van der Waals surface area contributed by atoms with Crippen molar-refractivity contribution >= 4 is 5.91 Å². The molecule has 0 aromatic carbocycles. The minimum atomic E-state index is -0.355. The van der Waals surface area contributed by atoms with Crippen LogP contribution in [-0.4, -0.2) is 44.7 Å². The fraction of sp³-hybridized carbons (Fsp3) is 0.833. The molecule has 1 atom stereocenters. The predicted octanol–water partition coefficient (Wildman–Crippen LogP) is -0.952. The van der Waals surface area contributed by atoms with E-state index in [4.69, 9.17) is 10.5 Å². The molecular weight excluding hydrogens is 132 g/mol. The Morgan fingerprint density at radius 3 is 2.30 bits per heavy atom. The summed E-state index contributed by atoms with van der Waals surface area (Å²) in [5.41, 5.74) is 5.06. The van der Waals surface area contributed by atoms with Crippen molar-refractivity contribution in [3.05, 3.63) is 0 Å². The van der Waals surface area contributed by atoms with Gasteiger partial charge in [0, 0.05) is 7.11 Å². The molecule has 0 rings (SSSR count). The third kappa shape index (κ3) is 2.80. The minimum Gasteiger partial charge on any atom is -0.383 e. The normalized spacial score (nSPS) is 13.6. The van der Waals surface area contributed by atoms with Crippen LogP contribution in [0.5, 0.6) is 0 Å². The van der Waals surface area contributed by atoms with Gasteiger partial charge in [0.1, 0.15) is 6.04 Å². The van der Waals surface area contributed by atoms with Crippen molar-refractivity contribution in [3.8, 4) is 0 Å². The fourth-order valence-electron chi connectivity index (χ4n) is 0.644. The number of hydrogen-bond donors (Lipinski definition) is 1. The highest BCUT2D eigenvalue weighted by Gasteiger charge is 2.16. The Morgan fingerprint density at radius 2 is 2.20 bits per heavy atom. The number of amides is 1. The molecule has 4 heteroatoms. The van der Waals surface area contributed by atoms with E-state index in [1.165, 1.54) is 0 Å². The van der Waals surface area contributed by atoms with Crippen molar-refractivity contribution in [2.75, 3.05) is 27.8 Å². The smallest absolute Gasteiger partial charge is 0.237 e. The summed E-state index contributed by atoms with van der Waals surface area (Å²) in [6, 6.07) is -0.315. The molecule has 0 aromatic heterocycles. The van der Waals surface area contributed by atoms with E-state index in [-0.39, 0.29) is 11.9 Å². The number of carbonyl (C=O) groups is 1. The van der Waals surface area contributed by atoms with Gasteiger partial charge < -0.3 is 10.5 Å². The van der Waals surface area contributed by atoms with E-state index in [1.54, 1.807) is 26.1 Å². The van der Waals surface area contributed by atoms with Crippen molar-refractivity contribution < 1.29 is 9.53 Å². The highest BCUT2D eigenvalue weighted by Crippen LogP contribution is 1.91. The minimum absolute atomic E-state index is 0.315. The standard InChI is InChI=1S/C6H14N2O2/c1-8(2)5(4-10-3)6(7)9/h5H,4H2,1-3H3,(H2,7,9)/t5-/m0/s1. The number of carbonyl (C=O) groups excluding carboxylic acids is 1. The lowest BCUT2D eigenvalue weighted by molar-refractivity contribution is -0.124. The van der Waals surface area contributed by atoms with Gasteiger partial charge in [0.05, 0.1) is 6.61 Å². The summed E-state index contributed by atoms with van der Waals surface area (Å²) in [5, 5.41) is 0. The SMILES string of the molecule is COC[C@@H](C(N)=O)N(C)C. The summed E-state index contributed by atoms with van der Waals surface area (Å²) >= 11 is 0. The molecule has 0 fully saturated rings. The van der Waals surface area contributed by atoms with Crippen molar-refractivity contribution in [2.45, 2.75) is 6.04 Å². The molecule has 0 bridgehead atoms. The molecule has 10 heavy (non-hydrogen) atoms. The van der Waals surface area contributed by atoms with E-state index in [0.717, 1.165) is 0 Å². The Labute approximate surface area is 60.9 Å². The largest absolute Gasteiger partial charge is 0.383 e. The van der Waals surface area contributed by atoms with Gasteiger partial charge in [-0.3, -0.25) is 9.69 Å². The Hall–Kier alpha value is -0.610. The number of nitrogens with zero attached hydrogens (tertiary/aromatic N) is 1. The first-order chi connectivity index (χ1) is 4.59. The molecule has 2 N–H and O–H groups in total. The number of likely N-dealkylation sites (N-methyl/N-ethyl adjacent to an activating group) is 1. The number of nitrogens with two attached hydrogens (primary N) is 1. The maximum atomic E-state index is 10.6. The first-order valence-electron chi connectivity index (χ1n) is 3.04. The Bertz CT molecular complexity index is 114. The van der Waals surface area contributed by atoms with Crippen LogP contribution in [0.25, 0.3) is 0 Å². The second kappa shape index (κ2) is 4.24. The third-order valence-corrected chi connectivity index (χ3v) is 1.28. The molecule has 1 amide bonds. The van der Waals surface area contributed by atoms with E-state index >= 15 is 0 Å². The average molecular weight is 146 g/mol. The number of ether oxygens (including phenoxy) is 1. The second-order valence-electron chi connectivity index (χ2n) is 2.34. The van der Waals surface area contributed by atoms with Crippen molar-refractivity contribution in [1.82, 2.24) is 4.90 Å². The zero-order valence-electron chi connectivity index (χ0n) is 6.63. The quantitative estimate of drug-likeness (QED) is 0.556. The summed E-state index contributed by atoms with van der Waals surface area (Å²) in [5.74, 6) is -0.355. The summed E-state index contributed by atoms with van der Waals surface area (Å²) in [7, 11) is 5.11. The van der Waals surface area contributed by atoms with Gasteiger partial charge >= 0.3 is 0 Å². The van der Waals surface area contributed by atoms with Crippen molar-refractivity contribution in [2.24, 2.45) is 5.73 Å². The van der Waals surface area contributed by atoms with Crippen LogP contribution in [0.15, 0.2) is 0 Å². The molecule has 0 heterocycles. The third-order valence-electron chi connectivity index (χ3n) is 1.28. The topological polar surface area (TPSA) is 55.6 Å². The van der Waals surface area contributed by atoms with E-state index in [1.807, 2.05) is 0 Å². The van der Waals surface area contributed by atoms with Crippen molar-refractivity contribution in [1.29, 1.82) is 0 Å². The zero-order valence-corrected chi connectivity index (χ0v) is 6.63. The highest BCUT2D eigenvalue weighted by molar-refractivity contribution is 5.79. The molecule has 0 radical (unpaired) electrons. The van der Waals surface area contributed by atoms with Gasteiger partial charge in [-0.25, -0.2) is 0 Å². The Kier molecular flexibility index (Phi) is 3.99. The first kappa shape index (κ1) is 9.39.